The number of hydrogen-bond acceptors (Lipinski definition) is 2. The molecule has 114 valence electrons. The van der Waals surface area contributed by atoms with E-state index in [2.05, 4.69) is 21.2 Å². The fourth-order valence-corrected chi connectivity index (χ4v) is 3.05. The van der Waals surface area contributed by atoms with E-state index in [0.29, 0.717) is 30.5 Å². The molecule has 1 N–H and O–H groups in total. The largest absolute Gasteiger partial charge is 0.491 e. The molecular formula is C15H18BrFN2O2. The molecule has 4 nitrogen and oxygen atoms in total. The van der Waals surface area contributed by atoms with Gasteiger partial charge in [0.05, 0.1) is 16.6 Å². The normalized spacial score (nSPS) is 10.9. The van der Waals surface area contributed by atoms with Crippen LogP contribution in [0.5, 0.6) is 5.75 Å². The number of carbonyl (C=O) groups is 1. The van der Waals surface area contributed by atoms with Crippen molar-refractivity contribution in [3.8, 4) is 5.75 Å². The Bertz CT molecular complexity index is 655. The van der Waals surface area contributed by atoms with Gasteiger partial charge in [0.15, 0.2) is 11.6 Å². The Labute approximate surface area is 131 Å². The number of amides is 1. The van der Waals surface area contributed by atoms with E-state index in [-0.39, 0.29) is 11.6 Å². The molecule has 0 spiro atoms. The minimum Gasteiger partial charge on any atom is -0.491 e. The molecule has 1 amide bonds. The first-order chi connectivity index (χ1) is 10.1. The van der Waals surface area contributed by atoms with Crippen molar-refractivity contribution in [3.05, 3.63) is 28.1 Å². The molecule has 1 aromatic heterocycles. The summed E-state index contributed by atoms with van der Waals surface area (Å²) in [5.74, 6) is -0.134. The van der Waals surface area contributed by atoms with Gasteiger partial charge in [-0.15, -0.1) is 0 Å². The third kappa shape index (κ3) is 3.05. The summed E-state index contributed by atoms with van der Waals surface area (Å²) in [6.45, 7) is 5.53. The van der Waals surface area contributed by atoms with Gasteiger partial charge in [-0.2, -0.15) is 0 Å². The van der Waals surface area contributed by atoms with Crippen molar-refractivity contribution in [2.75, 3.05) is 13.2 Å². The van der Waals surface area contributed by atoms with Crippen molar-refractivity contribution < 1.29 is 13.9 Å². The molecule has 0 saturated heterocycles. The standard InChI is InChI=1S/C15H18BrFN2O2/c1-3-19-8-10(5-6-18-9-20)11-7-12(21-4-2)14(17)13(16)15(11)19/h7-9H,3-6H2,1-2H3,(H,18,20). The topological polar surface area (TPSA) is 43.3 Å². The van der Waals surface area contributed by atoms with Crippen LogP contribution < -0.4 is 10.1 Å². The molecule has 0 atom stereocenters. The Morgan fingerprint density at radius 1 is 1.48 bits per heavy atom. The molecule has 1 aromatic carbocycles. The van der Waals surface area contributed by atoms with Crippen LogP contribution in [-0.4, -0.2) is 24.1 Å². The van der Waals surface area contributed by atoms with Crippen LogP contribution in [0.25, 0.3) is 10.9 Å². The number of halogens is 2. The molecule has 6 heteroatoms. The van der Waals surface area contributed by atoms with Gasteiger partial charge in [-0.25, -0.2) is 4.39 Å². The van der Waals surface area contributed by atoms with Crippen molar-refractivity contribution >= 4 is 33.2 Å². The fourth-order valence-electron chi connectivity index (χ4n) is 2.42. The zero-order valence-electron chi connectivity index (χ0n) is 12.1. The van der Waals surface area contributed by atoms with Gasteiger partial charge in [0.25, 0.3) is 0 Å². The van der Waals surface area contributed by atoms with Crippen LogP contribution in [0.1, 0.15) is 19.4 Å². The highest BCUT2D eigenvalue weighted by molar-refractivity contribution is 9.10. The number of nitrogens with one attached hydrogen (secondary N) is 1. The van der Waals surface area contributed by atoms with E-state index < -0.39 is 0 Å². The van der Waals surface area contributed by atoms with Gasteiger partial charge in [0, 0.05) is 24.7 Å². The molecule has 0 aliphatic rings. The van der Waals surface area contributed by atoms with E-state index in [4.69, 9.17) is 4.74 Å². The van der Waals surface area contributed by atoms with Crippen LogP contribution in [0.2, 0.25) is 0 Å². The second-order valence-corrected chi connectivity index (χ2v) is 5.39. The fraction of sp³-hybridized carbons (Fsp3) is 0.400. The van der Waals surface area contributed by atoms with Gasteiger partial charge in [0.2, 0.25) is 6.41 Å². The summed E-state index contributed by atoms with van der Waals surface area (Å²) in [6, 6.07) is 1.74. The number of aromatic nitrogens is 1. The Kier molecular flexibility index (Phi) is 5.22. The number of ether oxygens (including phenoxy) is 1. The highest BCUT2D eigenvalue weighted by Gasteiger charge is 2.18. The van der Waals surface area contributed by atoms with Crippen molar-refractivity contribution in [2.45, 2.75) is 26.8 Å². The Morgan fingerprint density at radius 2 is 2.24 bits per heavy atom. The van der Waals surface area contributed by atoms with Crippen LogP contribution in [0.3, 0.4) is 0 Å². The highest BCUT2D eigenvalue weighted by Crippen LogP contribution is 2.36. The van der Waals surface area contributed by atoms with Crippen LogP contribution >= 0.6 is 15.9 Å². The first-order valence-electron chi connectivity index (χ1n) is 6.93. The van der Waals surface area contributed by atoms with E-state index in [1.807, 2.05) is 24.6 Å². The second-order valence-electron chi connectivity index (χ2n) is 4.59. The molecule has 2 aromatic rings. The predicted octanol–water partition coefficient (Wildman–Crippen LogP) is 3.25. The number of aryl methyl sites for hydroxylation is 1. The maximum atomic E-state index is 14.3. The monoisotopic (exact) mass is 356 g/mol. The quantitative estimate of drug-likeness (QED) is 0.611. The molecule has 0 radical (unpaired) electrons. The Hall–Kier alpha value is -1.56. The summed E-state index contributed by atoms with van der Waals surface area (Å²) < 4.78 is 22.1. The van der Waals surface area contributed by atoms with Gasteiger partial charge in [-0.3, -0.25) is 4.79 Å². The van der Waals surface area contributed by atoms with E-state index in [9.17, 15) is 9.18 Å². The molecule has 0 fully saturated rings. The summed E-state index contributed by atoms with van der Waals surface area (Å²) in [6.07, 6.45) is 3.36. The van der Waals surface area contributed by atoms with E-state index in [1.54, 1.807) is 6.07 Å². The molecular weight excluding hydrogens is 339 g/mol. The first-order valence-corrected chi connectivity index (χ1v) is 7.72. The van der Waals surface area contributed by atoms with Crippen LogP contribution in [-0.2, 0) is 17.8 Å². The predicted molar refractivity (Wildman–Crippen MR) is 84.2 cm³/mol. The lowest BCUT2D eigenvalue weighted by atomic mass is 10.1. The molecule has 21 heavy (non-hydrogen) atoms. The van der Waals surface area contributed by atoms with Crippen LogP contribution in [0.4, 0.5) is 4.39 Å². The zero-order chi connectivity index (χ0) is 15.4. The van der Waals surface area contributed by atoms with Crippen molar-refractivity contribution in [2.24, 2.45) is 0 Å². The Balaban J connectivity index is 2.56. The number of hydrogen-bond donors (Lipinski definition) is 1. The van der Waals surface area contributed by atoms with Crippen LogP contribution in [0, 0.1) is 5.82 Å². The molecule has 1 heterocycles. The maximum absolute atomic E-state index is 14.3. The molecule has 2 rings (SSSR count). The lowest BCUT2D eigenvalue weighted by Gasteiger charge is -2.09. The smallest absolute Gasteiger partial charge is 0.207 e. The van der Waals surface area contributed by atoms with Crippen molar-refractivity contribution in [1.82, 2.24) is 9.88 Å². The number of fused-ring (bicyclic) bond motifs is 1. The number of benzene rings is 1. The number of nitrogens with zero attached hydrogens (tertiary/aromatic N) is 1. The third-order valence-electron chi connectivity index (χ3n) is 3.35. The first kappa shape index (κ1) is 15.8. The lowest BCUT2D eigenvalue weighted by molar-refractivity contribution is -0.109. The number of rotatable bonds is 7. The van der Waals surface area contributed by atoms with Gasteiger partial charge in [-0.05, 0) is 47.8 Å². The summed E-state index contributed by atoms with van der Waals surface area (Å²) in [5, 5.41) is 3.59. The van der Waals surface area contributed by atoms with E-state index in [1.165, 1.54) is 0 Å². The van der Waals surface area contributed by atoms with Crippen molar-refractivity contribution in [3.63, 3.8) is 0 Å². The number of carbonyl (C=O) groups excluding carboxylic acids is 1. The molecule has 0 aliphatic carbocycles. The highest BCUT2D eigenvalue weighted by atomic mass is 79.9. The average molecular weight is 357 g/mol. The molecule has 0 saturated carbocycles. The van der Waals surface area contributed by atoms with Gasteiger partial charge in [-0.1, -0.05) is 0 Å². The summed E-state index contributed by atoms with van der Waals surface area (Å²) in [7, 11) is 0. The molecule has 0 aliphatic heterocycles. The summed E-state index contributed by atoms with van der Waals surface area (Å²) >= 11 is 3.34. The van der Waals surface area contributed by atoms with E-state index >= 15 is 0 Å². The second kappa shape index (κ2) is 6.93. The average Bonchev–Trinajstić information content (AvgIpc) is 2.83. The van der Waals surface area contributed by atoms with E-state index in [0.717, 1.165) is 23.0 Å². The van der Waals surface area contributed by atoms with Gasteiger partial charge >= 0.3 is 0 Å². The van der Waals surface area contributed by atoms with Gasteiger partial charge in [0.1, 0.15) is 0 Å². The minimum absolute atomic E-state index is 0.246. The van der Waals surface area contributed by atoms with Gasteiger partial charge < -0.3 is 14.6 Å². The summed E-state index contributed by atoms with van der Waals surface area (Å²) in [5.41, 5.74) is 1.88. The SMILES string of the molecule is CCOc1cc2c(CCNC=O)cn(CC)c2c(Br)c1F. The molecule has 0 bridgehead atoms. The maximum Gasteiger partial charge on any atom is 0.207 e. The van der Waals surface area contributed by atoms with Crippen molar-refractivity contribution in [1.29, 1.82) is 0 Å². The van der Waals surface area contributed by atoms with Crippen LogP contribution in [0.15, 0.2) is 16.7 Å². The summed E-state index contributed by atoms with van der Waals surface area (Å²) in [4.78, 5) is 10.4. The third-order valence-corrected chi connectivity index (χ3v) is 4.08. The lowest BCUT2D eigenvalue weighted by Crippen LogP contribution is -2.14. The minimum atomic E-state index is -0.380. The Morgan fingerprint density at radius 3 is 2.86 bits per heavy atom. The zero-order valence-corrected chi connectivity index (χ0v) is 13.7. The molecule has 0 unspecified atom stereocenters.